The minimum absolute atomic E-state index is 0.133. The van der Waals surface area contributed by atoms with E-state index in [0.29, 0.717) is 18.4 Å². The first-order chi connectivity index (χ1) is 15.0. The number of aromatic nitrogens is 1. The van der Waals surface area contributed by atoms with Gasteiger partial charge in [0.25, 0.3) is 5.91 Å². The van der Waals surface area contributed by atoms with Gasteiger partial charge in [-0.15, -0.1) is 0 Å². The van der Waals surface area contributed by atoms with E-state index in [1.165, 1.54) is 0 Å². The number of rotatable bonds is 5. The predicted octanol–water partition coefficient (Wildman–Crippen LogP) is 3.50. The van der Waals surface area contributed by atoms with E-state index < -0.39 is 5.54 Å². The third-order valence-corrected chi connectivity index (χ3v) is 7.21. The second kappa shape index (κ2) is 6.99. The van der Waals surface area contributed by atoms with Crippen LogP contribution in [0.2, 0.25) is 0 Å². The number of pyridine rings is 1. The van der Waals surface area contributed by atoms with Gasteiger partial charge in [-0.3, -0.25) is 24.5 Å². The molecule has 0 bridgehead atoms. The van der Waals surface area contributed by atoms with Crippen LogP contribution in [0.4, 0.5) is 0 Å². The lowest BCUT2D eigenvalue weighted by atomic mass is 9.98. The summed E-state index contributed by atoms with van der Waals surface area (Å²) >= 11 is 3.42. The van der Waals surface area contributed by atoms with E-state index in [1.807, 2.05) is 46.2 Å². The summed E-state index contributed by atoms with van der Waals surface area (Å²) in [5.41, 5.74) is 2.38. The highest BCUT2D eigenvalue weighted by Gasteiger charge is 2.57. The zero-order valence-electron chi connectivity index (χ0n) is 17.1. The molecule has 0 N–H and O–H groups in total. The minimum atomic E-state index is -0.519. The fraction of sp³-hybridized carbons (Fsp3) is 0.417. The molecule has 1 aromatic carbocycles. The first-order valence-electron chi connectivity index (χ1n) is 11.0. The number of carbonyl (C=O) groups excluding carboxylic acids is 2. The molecule has 158 valence electrons. The Morgan fingerprint density at radius 2 is 1.77 bits per heavy atom. The number of amidine groups is 1. The van der Waals surface area contributed by atoms with Crippen molar-refractivity contribution in [3.8, 4) is 11.3 Å². The Morgan fingerprint density at radius 1 is 1.06 bits per heavy atom. The van der Waals surface area contributed by atoms with Gasteiger partial charge in [0, 0.05) is 53.3 Å². The van der Waals surface area contributed by atoms with E-state index in [4.69, 9.17) is 4.99 Å². The lowest BCUT2D eigenvalue weighted by Gasteiger charge is -2.41. The number of aliphatic imine (C=N–C) groups is 1. The molecule has 7 heteroatoms. The Bertz CT molecular complexity index is 1080. The van der Waals surface area contributed by atoms with Gasteiger partial charge in [-0.25, -0.2) is 0 Å². The molecule has 6 rings (SSSR count). The number of hydrogen-bond donors (Lipinski definition) is 0. The standard InChI is InChI=1S/C24H23BrN4O2/c25-19-7-8-20(26-11-19)16-1-3-17(4-2-16)21-27-24(9-10-24)23(31)29(21)14-15-12-28(13-15)22(30)18-5-6-18/h1-4,7-8,11,15,18H,5-6,9-10,12-14H2. The highest BCUT2D eigenvalue weighted by atomic mass is 79.9. The molecule has 0 atom stereocenters. The highest BCUT2D eigenvalue weighted by molar-refractivity contribution is 9.10. The van der Waals surface area contributed by atoms with E-state index in [0.717, 1.165) is 65.9 Å². The van der Waals surface area contributed by atoms with Gasteiger partial charge in [0.1, 0.15) is 11.4 Å². The van der Waals surface area contributed by atoms with Crippen molar-refractivity contribution < 1.29 is 9.59 Å². The Kier molecular flexibility index (Phi) is 4.32. The smallest absolute Gasteiger partial charge is 0.256 e. The molecule has 0 radical (unpaired) electrons. The van der Waals surface area contributed by atoms with Gasteiger partial charge < -0.3 is 4.90 Å². The van der Waals surface area contributed by atoms with Gasteiger partial charge in [-0.2, -0.15) is 0 Å². The van der Waals surface area contributed by atoms with Crippen LogP contribution in [0.25, 0.3) is 11.3 Å². The molecule has 3 fully saturated rings. The number of amides is 2. The van der Waals surface area contributed by atoms with Crippen molar-refractivity contribution in [2.75, 3.05) is 19.6 Å². The van der Waals surface area contributed by atoms with Gasteiger partial charge in [0.05, 0.1) is 5.69 Å². The fourth-order valence-electron chi connectivity index (χ4n) is 4.54. The van der Waals surface area contributed by atoms with Crippen molar-refractivity contribution in [2.45, 2.75) is 31.2 Å². The van der Waals surface area contributed by atoms with Crippen molar-refractivity contribution in [3.63, 3.8) is 0 Å². The number of nitrogens with zero attached hydrogens (tertiary/aromatic N) is 4. The maximum Gasteiger partial charge on any atom is 0.256 e. The summed E-state index contributed by atoms with van der Waals surface area (Å²) in [6, 6.07) is 12.1. The summed E-state index contributed by atoms with van der Waals surface area (Å²) in [6.07, 6.45) is 5.54. The van der Waals surface area contributed by atoms with Crippen LogP contribution < -0.4 is 0 Å². The highest BCUT2D eigenvalue weighted by Crippen LogP contribution is 2.46. The van der Waals surface area contributed by atoms with Gasteiger partial charge >= 0.3 is 0 Å². The van der Waals surface area contributed by atoms with Gasteiger partial charge in [-0.1, -0.05) is 24.3 Å². The first-order valence-corrected chi connectivity index (χ1v) is 11.7. The van der Waals surface area contributed by atoms with Crippen molar-refractivity contribution in [2.24, 2.45) is 16.8 Å². The molecule has 6 nitrogen and oxygen atoms in total. The maximum absolute atomic E-state index is 13.1. The molecule has 4 aliphatic rings. The zero-order valence-corrected chi connectivity index (χ0v) is 18.7. The van der Waals surface area contributed by atoms with Crippen LogP contribution in [0.15, 0.2) is 52.1 Å². The molecule has 31 heavy (non-hydrogen) atoms. The van der Waals surface area contributed by atoms with E-state index >= 15 is 0 Å². The second-order valence-electron chi connectivity index (χ2n) is 9.21. The summed E-state index contributed by atoms with van der Waals surface area (Å²) < 4.78 is 0.949. The largest absolute Gasteiger partial charge is 0.342 e. The Morgan fingerprint density at radius 3 is 2.39 bits per heavy atom. The molecule has 2 aliphatic carbocycles. The van der Waals surface area contributed by atoms with Gasteiger partial charge in [0.15, 0.2) is 0 Å². The third-order valence-electron chi connectivity index (χ3n) is 6.74. The quantitative estimate of drug-likeness (QED) is 0.660. The first kappa shape index (κ1) is 19.2. The van der Waals surface area contributed by atoms with Crippen molar-refractivity contribution >= 4 is 33.6 Å². The molecule has 3 heterocycles. The number of likely N-dealkylation sites (tertiary alicyclic amines) is 1. The second-order valence-corrected chi connectivity index (χ2v) is 10.1. The fourth-order valence-corrected chi connectivity index (χ4v) is 4.78. The normalized spacial score (nSPS) is 22.0. The molecule has 1 spiro atoms. The molecule has 2 amide bonds. The Labute approximate surface area is 189 Å². The molecule has 2 aliphatic heterocycles. The number of hydrogen-bond acceptors (Lipinski definition) is 4. The molecule has 2 aromatic rings. The summed E-state index contributed by atoms with van der Waals surface area (Å²) in [4.78, 5) is 38.5. The monoisotopic (exact) mass is 478 g/mol. The van der Waals surface area contributed by atoms with Crippen molar-refractivity contribution in [3.05, 3.63) is 52.6 Å². The number of carbonyl (C=O) groups is 2. The lowest BCUT2D eigenvalue weighted by Crippen LogP contribution is -2.55. The van der Waals surface area contributed by atoms with E-state index in [-0.39, 0.29) is 11.8 Å². The van der Waals surface area contributed by atoms with E-state index in [2.05, 4.69) is 20.9 Å². The van der Waals surface area contributed by atoms with Crippen LogP contribution in [0.3, 0.4) is 0 Å². The predicted molar refractivity (Wildman–Crippen MR) is 120 cm³/mol. The Balaban J connectivity index is 1.19. The summed E-state index contributed by atoms with van der Waals surface area (Å²) in [5.74, 6) is 1.81. The summed E-state index contributed by atoms with van der Waals surface area (Å²) in [7, 11) is 0. The zero-order chi connectivity index (χ0) is 21.2. The van der Waals surface area contributed by atoms with Crippen LogP contribution in [0.5, 0.6) is 0 Å². The maximum atomic E-state index is 13.1. The van der Waals surface area contributed by atoms with Crippen LogP contribution >= 0.6 is 15.9 Å². The summed E-state index contributed by atoms with van der Waals surface area (Å²) in [6.45, 7) is 2.16. The van der Waals surface area contributed by atoms with Gasteiger partial charge in [-0.05, 0) is 53.7 Å². The van der Waals surface area contributed by atoms with Crippen LogP contribution in [-0.4, -0.2) is 57.6 Å². The van der Waals surface area contributed by atoms with Gasteiger partial charge in [0.2, 0.25) is 5.91 Å². The lowest BCUT2D eigenvalue weighted by molar-refractivity contribution is -0.139. The molecular formula is C24H23BrN4O2. The van der Waals surface area contributed by atoms with Crippen molar-refractivity contribution in [1.82, 2.24) is 14.8 Å². The van der Waals surface area contributed by atoms with Crippen LogP contribution in [-0.2, 0) is 9.59 Å². The third kappa shape index (κ3) is 3.39. The molecule has 1 saturated heterocycles. The molecule has 1 aromatic heterocycles. The average Bonchev–Trinajstić information content (AvgIpc) is 3.66. The Hall–Kier alpha value is -2.54. The van der Waals surface area contributed by atoms with E-state index in [9.17, 15) is 9.59 Å². The van der Waals surface area contributed by atoms with Crippen molar-refractivity contribution in [1.29, 1.82) is 0 Å². The van der Waals surface area contributed by atoms with E-state index in [1.54, 1.807) is 6.20 Å². The number of halogens is 1. The molecule has 2 saturated carbocycles. The average molecular weight is 479 g/mol. The summed E-state index contributed by atoms with van der Waals surface area (Å²) in [5, 5.41) is 0. The SMILES string of the molecule is O=C(C1CC1)N1CC(CN2C(=O)C3(CC3)N=C2c2ccc(-c3ccc(Br)cn3)cc2)C1. The van der Waals surface area contributed by atoms with Crippen LogP contribution in [0.1, 0.15) is 31.2 Å². The molecule has 0 unspecified atom stereocenters. The molecular weight excluding hydrogens is 456 g/mol. The number of benzene rings is 1. The topological polar surface area (TPSA) is 65.9 Å². The van der Waals surface area contributed by atoms with Crippen LogP contribution in [0, 0.1) is 11.8 Å². The minimum Gasteiger partial charge on any atom is -0.342 e.